The molecule has 0 bridgehead atoms. The van der Waals surface area contributed by atoms with Crippen LogP contribution < -0.4 is 0 Å². The molecule has 2 aliphatic carbocycles. The predicted octanol–water partition coefficient (Wildman–Crippen LogP) is 2.74. The zero-order valence-electron chi connectivity index (χ0n) is 14.8. The molecule has 2 heterocycles. The van der Waals surface area contributed by atoms with Gasteiger partial charge in [0.1, 0.15) is 5.76 Å². The molecule has 26 heavy (non-hydrogen) atoms. The van der Waals surface area contributed by atoms with Crippen LogP contribution in [0, 0.1) is 0 Å². The summed E-state index contributed by atoms with van der Waals surface area (Å²) in [4.78, 5) is 36.8. The van der Waals surface area contributed by atoms with Crippen molar-refractivity contribution in [3.05, 3.63) is 34.0 Å². The van der Waals surface area contributed by atoms with Gasteiger partial charge in [0.2, 0.25) is 5.91 Å². The number of ketones is 2. The summed E-state index contributed by atoms with van der Waals surface area (Å²) in [5.41, 5.74) is 3.22. The molecule has 2 aromatic rings. The van der Waals surface area contributed by atoms with Gasteiger partial charge in [-0.05, 0) is 32.1 Å². The van der Waals surface area contributed by atoms with Gasteiger partial charge in [0.15, 0.2) is 11.6 Å². The lowest BCUT2D eigenvalue weighted by atomic mass is 9.91. The monoisotopic (exact) mass is 355 g/mol. The Morgan fingerprint density at radius 1 is 1.00 bits per heavy atom. The number of fused-ring (bicyclic) bond motifs is 2. The van der Waals surface area contributed by atoms with Gasteiger partial charge < -0.3 is 4.52 Å². The number of aromatic nitrogens is 3. The lowest BCUT2D eigenvalue weighted by Gasteiger charge is -2.12. The molecular weight excluding hydrogens is 334 g/mol. The summed E-state index contributed by atoms with van der Waals surface area (Å²) in [6.45, 7) is 1.79. The Morgan fingerprint density at radius 2 is 1.69 bits per heavy atom. The third kappa shape index (κ3) is 2.71. The molecule has 0 aromatic carbocycles. The maximum atomic E-state index is 12.4. The Morgan fingerprint density at radius 3 is 2.46 bits per heavy atom. The van der Waals surface area contributed by atoms with Gasteiger partial charge in [0.25, 0.3) is 0 Å². The molecule has 136 valence electrons. The fourth-order valence-electron chi connectivity index (χ4n) is 3.92. The van der Waals surface area contributed by atoms with Gasteiger partial charge in [-0.15, -0.1) is 0 Å². The molecule has 0 fully saturated rings. The minimum Gasteiger partial charge on any atom is -0.360 e. The van der Waals surface area contributed by atoms with E-state index in [0.717, 1.165) is 25.0 Å². The Hall–Kier alpha value is -2.57. The molecule has 0 saturated heterocycles. The van der Waals surface area contributed by atoms with Crippen LogP contribution in [0.4, 0.5) is 0 Å². The average molecular weight is 355 g/mol. The van der Waals surface area contributed by atoms with Crippen molar-refractivity contribution in [1.82, 2.24) is 14.9 Å². The molecule has 0 amide bonds. The number of aryl methyl sites for hydroxylation is 3. The van der Waals surface area contributed by atoms with Crippen molar-refractivity contribution in [2.45, 2.75) is 64.7 Å². The van der Waals surface area contributed by atoms with Crippen LogP contribution in [0.3, 0.4) is 0 Å². The van der Waals surface area contributed by atoms with E-state index in [-0.39, 0.29) is 17.5 Å². The number of rotatable bonds is 4. The molecule has 0 spiro atoms. The van der Waals surface area contributed by atoms with Gasteiger partial charge >= 0.3 is 0 Å². The van der Waals surface area contributed by atoms with Gasteiger partial charge in [-0.1, -0.05) is 12.1 Å². The molecule has 0 aliphatic heterocycles. The highest BCUT2D eigenvalue weighted by atomic mass is 16.5. The molecule has 4 rings (SSSR count). The van der Waals surface area contributed by atoms with Gasteiger partial charge in [-0.2, -0.15) is 5.10 Å². The largest absolute Gasteiger partial charge is 0.360 e. The van der Waals surface area contributed by atoms with E-state index in [9.17, 15) is 14.4 Å². The summed E-state index contributed by atoms with van der Waals surface area (Å²) < 4.78 is 6.73. The number of Topliss-reactive ketones (excluding diaryl/α,β-unsaturated/α-hetero) is 2. The van der Waals surface area contributed by atoms with E-state index in [1.807, 2.05) is 0 Å². The number of carbonyl (C=O) groups is 3. The second kappa shape index (κ2) is 6.63. The number of nitrogens with zero attached hydrogens (tertiary/aromatic N) is 3. The van der Waals surface area contributed by atoms with Crippen LogP contribution in [-0.4, -0.2) is 32.4 Å². The van der Waals surface area contributed by atoms with E-state index in [2.05, 4.69) is 10.3 Å². The standard InChI is InChI=1S/C19H21N3O4/c1-2-17(25)22-13-5-3-6-14(23)18(13)11(20-22)9-10-12-19-15(24)7-4-8-16(19)26-21-12/h2-10H2,1H3. The molecule has 0 unspecified atom stereocenters. The van der Waals surface area contributed by atoms with Gasteiger partial charge in [-0.25, -0.2) is 4.68 Å². The highest BCUT2D eigenvalue weighted by molar-refractivity contribution is 6.00. The predicted molar refractivity (Wildman–Crippen MR) is 91.6 cm³/mol. The first-order valence-electron chi connectivity index (χ1n) is 9.28. The van der Waals surface area contributed by atoms with Crippen molar-refractivity contribution in [3.63, 3.8) is 0 Å². The average Bonchev–Trinajstić information content (AvgIpc) is 3.22. The van der Waals surface area contributed by atoms with Crippen LogP contribution in [0.5, 0.6) is 0 Å². The maximum Gasteiger partial charge on any atom is 0.246 e. The van der Waals surface area contributed by atoms with Crippen molar-refractivity contribution in [2.75, 3.05) is 0 Å². The third-order valence-electron chi connectivity index (χ3n) is 5.21. The topological polar surface area (TPSA) is 95.1 Å². The maximum absolute atomic E-state index is 12.4. The van der Waals surface area contributed by atoms with Crippen molar-refractivity contribution >= 4 is 17.5 Å². The second-order valence-electron chi connectivity index (χ2n) is 6.91. The zero-order valence-corrected chi connectivity index (χ0v) is 14.8. The molecule has 0 saturated carbocycles. The van der Waals surface area contributed by atoms with Gasteiger partial charge in [0.05, 0.1) is 28.2 Å². The molecule has 0 radical (unpaired) electrons. The summed E-state index contributed by atoms with van der Waals surface area (Å²) in [6.07, 6.45) is 5.27. The molecule has 0 atom stereocenters. The lowest BCUT2D eigenvalue weighted by molar-refractivity contribution is 0.0887. The van der Waals surface area contributed by atoms with E-state index in [0.29, 0.717) is 66.8 Å². The van der Waals surface area contributed by atoms with Crippen LogP contribution in [0.25, 0.3) is 0 Å². The van der Waals surface area contributed by atoms with Crippen molar-refractivity contribution in [3.8, 4) is 0 Å². The molecule has 7 heteroatoms. The highest BCUT2D eigenvalue weighted by Crippen LogP contribution is 2.28. The number of carbonyl (C=O) groups excluding carboxylic acids is 3. The van der Waals surface area contributed by atoms with Crippen molar-refractivity contribution in [1.29, 1.82) is 0 Å². The summed E-state index contributed by atoms with van der Waals surface area (Å²) in [5.74, 6) is 0.694. The molecule has 2 aromatic heterocycles. The minimum absolute atomic E-state index is 0.0506. The van der Waals surface area contributed by atoms with Crippen LogP contribution in [-0.2, 0) is 25.7 Å². The van der Waals surface area contributed by atoms with E-state index < -0.39 is 0 Å². The Kier molecular flexibility index (Phi) is 4.30. The third-order valence-corrected chi connectivity index (χ3v) is 5.21. The molecule has 0 N–H and O–H groups in total. The fourth-order valence-corrected chi connectivity index (χ4v) is 3.92. The van der Waals surface area contributed by atoms with E-state index in [1.165, 1.54) is 4.68 Å². The molecule has 2 aliphatic rings. The van der Waals surface area contributed by atoms with Crippen LogP contribution in [0.15, 0.2) is 4.52 Å². The highest BCUT2D eigenvalue weighted by Gasteiger charge is 2.30. The first kappa shape index (κ1) is 16.9. The minimum atomic E-state index is -0.101. The van der Waals surface area contributed by atoms with Crippen molar-refractivity contribution in [2.24, 2.45) is 0 Å². The molecular formula is C19H21N3O4. The fraction of sp³-hybridized carbons (Fsp3) is 0.526. The number of hydrogen-bond donors (Lipinski definition) is 0. The first-order chi connectivity index (χ1) is 12.6. The Balaban J connectivity index is 1.64. The smallest absolute Gasteiger partial charge is 0.246 e. The molecule has 7 nitrogen and oxygen atoms in total. The van der Waals surface area contributed by atoms with Gasteiger partial charge in [-0.3, -0.25) is 14.4 Å². The van der Waals surface area contributed by atoms with E-state index in [4.69, 9.17) is 4.52 Å². The summed E-state index contributed by atoms with van der Waals surface area (Å²) >= 11 is 0. The SMILES string of the molecule is CCC(=O)n1nc(CCc2noc3c2C(=O)CCC3)c2c1CCCC2=O. The van der Waals surface area contributed by atoms with Gasteiger partial charge in [0, 0.05) is 25.7 Å². The van der Waals surface area contributed by atoms with Crippen LogP contribution in [0.2, 0.25) is 0 Å². The second-order valence-corrected chi connectivity index (χ2v) is 6.91. The van der Waals surface area contributed by atoms with Crippen molar-refractivity contribution < 1.29 is 18.9 Å². The van der Waals surface area contributed by atoms with E-state index in [1.54, 1.807) is 6.92 Å². The van der Waals surface area contributed by atoms with E-state index >= 15 is 0 Å². The summed E-state index contributed by atoms with van der Waals surface area (Å²) in [5, 5.41) is 8.52. The summed E-state index contributed by atoms with van der Waals surface area (Å²) in [6, 6.07) is 0. The quantitative estimate of drug-likeness (QED) is 0.837. The number of hydrogen-bond acceptors (Lipinski definition) is 6. The summed E-state index contributed by atoms with van der Waals surface area (Å²) in [7, 11) is 0. The zero-order chi connectivity index (χ0) is 18.3. The first-order valence-corrected chi connectivity index (χ1v) is 9.28. The normalized spacial score (nSPS) is 16.5. The van der Waals surface area contributed by atoms with Crippen LogP contribution in [0.1, 0.15) is 87.4 Å². The van der Waals surface area contributed by atoms with Crippen LogP contribution >= 0.6 is 0 Å². The lowest BCUT2D eigenvalue weighted by Crippen LogP contribution is -2.18. The Bertz CT molecular complexity index is 906. The Labute approximate surface area is 150 Å².